The summed E-state index contributed by atoms with van der Waals surface area (Å²) >= 11 is 3.38. The van der Waals surface area contributed by atoms with Gasteiger partial charge in [-0.2, -0.15) is 0 Å². The van der Waals surface area contributed by atoms with E-state index in [1.807, 2.05) is 13.0 Å². The average Bonchev–Trinajstić information content (AvgIpc) is 2.86. The van der Waals surface area contributed by atoms with E-state index in [9.17, 15) is 9.59 Å². The molecule has 0 saturated heterocycles. The smallest absolute Gasteiger partial charge is 0.325 e. The number of carbonyl (C=O) groups excluding carboxylic acids is 1. The van der Waals surface area contributed by atoms with Crippen LogP contribution in [0.15, 0.2) is 28.9 Å². The van der Waals surface area contributed by atoms with Crippen LogP contribution >= 0.6 is 15.9 Å². The van der Waals surface area contributed by atoms with Gasteiger partial charge in [-0.25, -0.2) is 4.68 Å². The van der Waals surface area contributed by atoms with Crippen molar-refractivity contribution < 1.29 is 14.7 Å². The third kappa shape index (κ3) is 4.12. The van der Waals surface area contributed by atoms with Crippen LogP contribution in [-0.4, -0.2) is 32.0 Å². The van der Waals surface area contributed by atoms with Crippen LogP contribution in [0.4, 0.5) is 0 Å². The van der Waals surface area contributed by atoms with Crippen molar-refractivity contribution in [2.24, 2.45) is 0 Å². The lowest BCUT2D eigenvalue weighted by atomic mass is 10.1. The van der Waals surface area contributed by atoms with Gasteiger partial charge in [-0.3, -0.25) is 9.59 Å². The van der Waals surface area contributed by atoms with E-state index in [1.54, 1.807) is 12.1 Å². The van der Waals surface area contributed by atoms with E-state index in [4.69, 9.17) is 5.11 Å². The van der Waals surface area contributed by atoms with Crippen LogP contribution in [-0.2, 0) is 17.9 Å². The highest BCUT2D eigenvalue weighted by atomic mass is 79.9. The van der Waals surface area contributed by atoms with Crippen molar-refractivity contribution in [3.63, 3.8) is 0 Å². The zero-order chi connectivity index (χ0) is 15.4. The summed E-state index contributed by atoms with van der Waals surface area (Å²) in [6.45, 7) is 1.83. The second kappa shape index (κ2) is 6.49. The van der Waals surface area contributed by atoms with E-state index < -0.39 is 5.97 Å². The van der Waals surface area contributed by atoms with Crippen LogP contribution < -0.4 is 5.32 Å². The molecule has 0 aliphatic carbocycles. The number of aliphatic carboxylic acids is 1. The van der Waals surface area contributed by atoms with Crippen molar-refractivity contribution >= 4 is 27.8 Å². The highest BCUT2D eigenvalue weighted by Crippen LogP contribution is 2.17. The molecular weight excluding hydrogens is 340 g/mol. The minimum atomic E-state index is -0.999. The number of rotatable bonds is 5. The van der Waals surface area contributed by atoms with Crippen LogP contribution in [0, 0.1) is 6.92 Å². The van der Waals surface area contributed by atoms with Crippen LogP contribution in [0.5, 0.6) is 0 Å². The molecule has 1 aromatic heterocycles. The maximum absolute atomic E-state index is 12.0. The first-order valence-corrected chi connectivity index (χ1v) is 6.90. The van der Waals surface area contributed by atoms with Gasteiger partial charge in [0.05, 0.1) is 12.7 Å². The van der Waals surface area contributed by atoms with E-state index in [-0.39, 0.29) is 19.0 Å². The molecule has 1 heterocycles. The third-order valence-electron chi connectivity index (χ3n) is 2.73. The monoisotopic (exact) mass is 352 g/mol. The molecule has 0 bridgehead atoms. The van der Waals surface area contributed by atoms with Gasteiger partial charge in [-0.1, -0.05) is 21.1 Å². The predicted molar refractivity (Wildman–Crippen MR) is 77.7 cm³/mol. The lowest BCUT2D eigenvalue weighted by Crippen LogP contribution is -2.23. The molecule has 110 valence electrons. The number of aryl methyl sites for hydroxylation is 1. The third-order valence-corrected chi connectivity index (χ3v) is 3.62. The van der Waals surface area contributed by atoms with E-state index >= 15 is 0 Å². The summed E-state index contributed by atoms with van der Waals surface area (Å²) in [5, 5.41) is 18.8. The fraction of sp³-hybridized carbons (Fsp3) is 0.231. The summed E-state index contributed by atoms with van der Waals surface area (Å²) in [6.07, 6.45) is 1.49. The Hall–Kier alpha value is -2.22. The van der Waals surface area contributed by atoms with Gasteiger partial charge >= 0.3 is 5.97 Å². The quantitative estimate of drug-likeness (QED) is 0.846. The summed E-state index contributed by atoms with van der Waals surface area (Å²) in [6, 6.07) is 5.31. The Morgan fingerprint density at radius 1 is 1.43 bits per heavy atom. The van der Waals surface area contributed by atoms with Crippen LogP contribution in [0.1, 0.15) is 21.6 Å². The van der Waals surface area contributed by atoms with Crippen LogP contribution in [0.2, 0.25) is 0 Å². The van der Waals surface area contributed by atoms with Crippen LogP contribution in [0.3, 0.4) is 0 Å². The number of hydrogen-bond acceptors (Lipinski definition) is 4. The van der Waals surface area contributed by atoms with Crippen molar-refractivity contribution in [1.82, 2.24) is 20.3 Å². The lowest BCUT2D eigenvalue weighted by molar-refractivity contribution is -0.137. The molecule has 2 N–H and O–H groups in total. The van der Waals surface area contributed by atoms with Crippen molar-refractivity contribution in [3.05, 3.63) is 45.7 Å². The molecule has 0 radical (unpaired) electrons. The molecule has 0 atom stereocenters. The van der Waals surface area contributed by atoms with E-state index in [1.165, 1.54) is 10.9 Å². The van der Waals surface area contributed by atoms with Gasteiger partial charge in [0.25, 0.3) is 5.91 Å². The molecule has 21 heavy (non-hydrogen) atoms. The largest absolute Gasteiger partial charge is 0.480 e. The van der Waals surface area contributed by atoms with E-state index in [0.717, 1.165) is 10.0 Å². The van der Waals surface area contributed by atoms with Gasteiger partial charge in [0, 0.05) is 10.0 Å². The first-order chi connectivity index (χ1) is 9.95. The van der Waals surface area contributed by atoms with Gasteiger partial charge in [-0.15, -0.1) is 5.10 Å². The second-order valence-electron chi connectivity index (χ2n) is 4.45. The molecule has 0 saturated carbocycles. The molecule has 0 unspecified atom stereocenters. The highest BCUT2D eigenvalue weighted by molar-refractivity contribution is 9.10. The fourth-order valence-electron chi connectivity index (χ4n) is 1.69. The molecule has 1 aromatic carbocycles. The number of hydrogen-bond donors (Lipinski definition) is 2. The summed E-state index contributed by atoms with van der Waals surface area (Å²) in [7, 11) is 0. The number of carbonyl (C=O) groups is 2. The number of benzene rings is 1. The molecule has 0 spiro atoms. The standard InChI is InChI=1S/C13H13BrN4O3/c1-8-4-9(2-3-11(8)14)13(21)15-5-10-6-18(17-16-10)7-12(19)20/h2-4,6H,5,7H2,1H3,(H,15,21)(H,19,20). The maximum Gasteiger partial charge on any atom is 0.325 e. The average molecular weight is 353 g/mol. The van der Waals surface area contributed by atoms with E-state index in [0.29, 0.717) is 11.3 Å². The molecule has 0 fully saturated rings. The van der Waals surface area contributed by atoms with Crippen molar-refractivity contribution in [2.75, 3.05) is 0 Å². The number of nitrogens with one attached hydrogen (secondary N) is 1. The lowest BCUT2D eigenvalue weighted by Gasteiger charge is -2.05. The Bertz CT molecular complexity index is 684. The number of aromatic nitrogens is 3. The van der Waals surface area contributed by atoms with Gasteiger partial charge in [0.2, 0.25) is 0 Å². The maximum atomic E-state index is 12.0. The first kappa shape index (κ1) is 15.2. The number of carboxylic acid groups (broad SMARTS) is 1. The fourth-order valence-corrected chi connectivity index (χ4v) is 1.94. The Morgan fingerprint density at radius 2 is 2.19 bits per heavy atom. The normalized spacial score (nSPS) is 10.4. The SMILES string of the molecule is Cc1cc(C(=O)NCc2cn(CC(=O)O)nn2)ccc1Br. The number of nitrogens with zero attached hydrogens (tertiary/aromatic N) is 3. The summed E-state index contributed by atoms with van der Waals surface area (Å²) in [4.78, 5) is 22.5. The molecule has 0 aliphatic rings. The van der Waals surface area contributed by atoms with Gasteiger partial charge in [0.15, 0.2) is 0 Å². The zero-order valence-corrected chi connectivity index (χ0v) is 12.8. The molecule has 1 amide bonds. The Kier molecular flexibility index (Phi) is 4.69. The number of amides is 1. The van der Waals surface area contributed by atoms with Gasteiger partial charge in [-0.05, 0) is 30.7 Å². The van der Waals surface area contributed by atoms with Gasteiger partial charge < -0.3 is 10.4 Å². The van der Waals surface area contributed by atoms with Crippen molar-refractivity contribution in [2.45, 2.75) is 20.0 Å². The Morgan fingerprint density at radius 3 is 2.86 bits per heavy atom. The number of carboxylic acids is 1. The highest BCUT2D eigenvalue weighted by Gasteiger charge is 2.09. The Balaban J connectivity index is 1.95. The Labute approximate surface area is 129 Å². The molecule has 2 rings (SSSR count). The summed E-state index contributed by atoms with van der Waals surface area (Å²) in [5.74, 6) is -1.22. The topological polar surface area (TPSA) is 97.1 Å². The second-order valence-corrected chi connectivity index (χ2v) is 5.30. The minimum Gasteiger partial charge on any atom is -0.480 e. The first-order valence-electron chi connectivity index (χ1n) is 6.11. The number of halogens is 1. The van der Waals surface area contributed by atoms with E-state index in [2.05, 4.69) is 31.6 Å². The molecule has 0 aliphatic heterocycles. The van der Waals surface area contributed by atoms with Crippen molar-refractivity contribution in [1.29, 1.82) is 0 Å². The zero-order valence-electron chi connectivity index (χ0n) is 11.2. The molecule has 7 nitrogen and oxygen atoms in total. The minimum absolute atomic E-state index is 0.188. The summed E-state index contributed by atoms with van der Waals surface area (Å²) < 4.78 is 2.14. The molecule has 8 heteroatoms. The predicted octanol–water partition coefficient (Wildman–Crippen LogP) is 1.36. The molecule has 2 aromatic rings. The van der Waals surface area contributed by atoms with Gasteiger partial charge in [0.1, 0.15) is 12.2 Å². The molecular formula is C13H13BrN4O3. The summed E-state index contributed by atoms with van der Waals surface area (Å²) in [5.41, 5.74) is 2.02. The van der Waals surface area contributed by atoms with Crippen molar-refractivity contribution in [3.8, 4) is 0 Å². The van der Waals surface area contributed by atoms with Crippen LogP contribution in [0.25, 0.3) is 0 Å².